The molecule has 0 saturated carbocycles. The number of methoxy groups -OCH3 is 1. The lowest BCUT2D eigenvalue weighted by Gasteiger charge is -2.41. The molecule has 1 aliphatic heterocycles. The SMILES string of the molecule is COC1(Cc2ccc(NC(=O)OC(C)(C)C)cc2O)CNC1. The van der Waals surface area contributed by atoms with Crippen molar-refractivity contribution in [3.05, 3.63) is 23.8 Å². The highest BCUT2D eigenvalue weighted by Gasteiger charge is 2.37. The highest BCUT2D eigenvalue weighted by Crippen LogP contribution is 2.29. The normalized spacial score (nSPS) is 16.7. The van der Waals surface area contributed by atoms with Crippen LogP contribution in [0.25, 0.3) is 0 Å². The standard InChI is InChI=1S/C16H24N2O4/c1-15(2,3)22-14(20)18-12-6-5-11(13(19)7-12)8-16(21-4)9-17-10-16/h5-7,17,19H,8-10H2,1-4H3,(H,18,20). The van der Waals surface area contributed by atoms with Crippen LogP contribution in [0.1, 0.15) is 26.3 Å². The average Bonchev–Trinajstić information content (AvgIpc) is 2.33. The molecule has 1 heterocycles. The van der Waals surface area contributed by atoms with Crippen LogP contribution < -0.4 is 10.6 Å². The summed E-state index contributed by atoms with van der Waals surface area (Å²) in [6, 6.07) is 5.06. The molecule has 0 atom stereocenters. The number of phenolic OH excluding ortho intramolecular Hbond substituents is 1. The Balaban J connectivity index is 2.02. The van der Waals surface area contributed by atoms with Crippen LogP contribution in [0.4, 0.5) is 10.5 Å². The van der Waals surface area contributed by atoms with E-state index in [4.69, 9.17) is 9.47 Å². The summed E-state index contributed by atoms with van der Waals surface area (Å²) < 4.78 is 10.7. The second kappa shape index (κ2) is 6.14. The van der Waals surface area contributed by atoms with Gasteiger partial charge in [-0.2, -0.15) is 0 Å². The number of hydrogen-bond donors (Lipinski definition) is 3. The van der Waals surface area contributed by atoms with Crippen LogP contribution >= 0.6 is 0 Å². The zero-order chi connectivity index (χ0) is 16.4. The van der Waals surface area contributed by atoms with Gasteiger partial charge in [-0.3, -0.25) is 5.32 Å². The predicted octanol–water partition coefficient (Wildman–Crippen LogP) is 2.27. The number of carbonyl (C=O) groups excluding carboxylic acids is 1. The fraction of sp³-hybridized carbons (Fsp3) is 0.562. The van der Waals surface area contributed by atoms with E-state index in [1.54, 1.807) is 40.0 Å². The van der Waals surface area contributed by atoms with Gasteiger partial charge in [-0.15, -0.1) is 0 Å². The second-order valence-electron chi connectivity index (χ2n) is 6.64. The van der Waals surface area contributed by atoms with E-state index in [0.29, 0.717) is 12.1 Å². The monoisotopic (exact) mass is 308 g/mol. The number of ether oxygens (including phenoxy) is 2. The summed E-state index contributed by atoms with van der Waals surface area (Å²) in [5.41, 5.74) is 0.470. The van der Waals surface area contributed by atoms with Crippen molar-refractivity contribution in [1.29, 1.82) is 0 Å². The number of hydrogen-bond acceptors (Lipinski definition) is 5. The zero-order valence-electron chi connectivity index (χ0n) is 13.5. The second-order valence-corrected chi connectivity index (χ2v) is 6.64. The van der Waals surface area contributed by atoms with Crippen LogP contribution in [-0.2, 0) is 15.9 Å². The number of aromatic hydroxyl groups is 1. The van der Waals surface area contributed by atoms with Gasteiger partial charge in [0.1, 0.15) is 11.4 Å². The molecule has 0 radical (unpaired) electrons. The highest BCUT2D eigenvalue weighted by atomic mass is 16.6. The largest absolute Gasteiger partial charge is 0.508 e. The number of carbonyl (C=O) groups is 1. The summed E-state index contributed by atoms with van der Waals surface area (Å²) in [4.78, 5) is 11.7. The van der Waals surface area contributed by atoms with E-state index in [1.165, 1.54) is 6.07 Å². The molecule has 0 bridgehead atoms. The minimum absolute atomic E-state index is 0.136. The smallest absolute Gasteiger partial charge is 0.412 e. The minimum atomic E-state index is -0.561. The third-order valence-electron chi connectivity index (χ3n) is 3.57. The van der Waals surface area contributed by atoms with Crippen molar-refractivity contribution in [3.8, 4) is 5.75 Å². The average molecular weight is 308 g/mol. The molecular formula is C16H24N2O4. The number of phenols is 1. The minimum Gasteiger partial charge on any atom is -0.508 e. The summed E-state index contributed by atoms with van der Waals surface area (Å²) in [5, 5.41) is 15.9. The molecule has 6 nitrogen and oxygen atoms in total. The van der Waals surface area contributed by atoms with Crippen LogP contribution in [0.3, 0.4) is 0 Å². The number of nitrogens with one attached hydrogen (secondary N) is 2. The Morgan fingerprint density at radius 3 is 2.55 bits per heavy atom. The maximum Gasteiger partial charge on any atom is 0.412 e. The molecular weight excluding hydrogens is 284 g/mol. The van der Waals surface area contributed by atoms with Crippen molar-refractivity contribution < 1.29 is 19.4 Å². The molecule has 3 N–H and O–H groups in total. The van der Waals surface area contributed by atoms with E-state index < -0.39 is 11.7 Å². The van der Waals surface area contributed by atoms with Crippen molar-refractivity contribution in [2.24, 2.45) is 0 Å². The molecule has 2 rings (SSSR count). The fourth-order valence-electron chi connectivity index (χ4n) is 2.30. The lowest BCUT2D eigenvalue weighted by molar-refractivity contribution is -0.0505. The number of anilines is 1. The number of benzene rings is 1. The Labute approximate surface area is 130 Å². The molecule has 0 aromatic heterocycles. The van der Waals surface area contributed by atoms with Crippen molar-refractivity contribution >= 4 is 11.8 Å². The molecule has 1 aromatic rings. The Bertz CT molecular complexity index is 542. The van der Waals surface area contributed by atoms with Crippen molar-refractivity contribution in [3.63, 3.8) is 0 Å². The maximum absolute atomic E-state index is 11.7. The number of rotatable bonds is 4. The lowest BCUT2D eigenvalue weighted by Crippen LogP contribution is -2.61. The molecule has 1 aliphatic rings. The summed E-state index contributed by atoms with van der Waals surface area (Å²) in [7, 11) is 1.68. The van der Waals surface area contributed by atoms with Gasteiger partial charge in [0, 0.05) is 38.4 Å². The molecule has 0 unspecified atom stereocenters. The summed E-state index contributed by atoms with van der Waals surface area (Å²) in [6.45, 7) is 6.92. The van der Waals surface area contributed by atoms with E-state index in [0.717, 1.165) is 18.7 Å². The third kappa shape index (κ3) is 4.11. The van der Waals surface area contributed by atoms with Crippen LogP contribution in [0, 0.1) is 0 Å². The first-order valence-corrected chi connectivity index (χ1v) is 7.31. The Hall–Kier alpha value is -1.79. The molecule has 22 heavy (non-hydrogen) atoms. The zero-order valence-corrected chi connectivity index (χ0v) is 13.5. The number of amides is 1. The summed E-state index contributed by atoms with van der Waals surface area (Å²) in [6.07, 6.45) is 0.0749. The first kappa shape index (κ1) is 16.6. The maximum atomic E-state index is 11.7. The Kier molecular flexibility index (Phi) is 4.63. The quantitative estimate of drug-likeness (QED) is 0.795. The van der Waals surface area contributed by atoms with Gasteiger partial charge >= 0.3 is 6.09 Å². The molecule has 0 aliphatic carbocycles. The van der Waals surface area contributed by atoms with Gasteiger partial charge in [-0.05, 0) is 32.4 Å². The van der Waals surface area contributed by atoms with Crippen LogP contribution in [0.2, 0.25) is 0 Å². The predicted molar refractivity (Wildman–Crippen MR) is 84.3 cm³/mol. The first-order chi connectivity index (χ1) is 10.2. The highest BCUT2D eigenvalue weighted by molar-refractivity contribution is 5.85. The van der Waals surface area contributed by atoms with Gasteiger partial charge in [-0.25, -0.2) is 4.79 Å². The van der Waals surface area contributed by atoms with E-state index in [-0.39, 0.29) is 11.4 Å². The molecule has 122 valence electrons. The van der Waals surface area contributed by atoms with Gasteiger partial charge < -0.3 is 19.9 Å². The molecule has 0 spiro atoms. The van der Waals surface area contributed by atoms with E-state index in [2.05, 4.69) is 10.6 Å². The van der Waals surface area contributed by atoms with Gasteiger partial charge in [0.2, 0.25) is 0 Å². The molecule has 6 heteroatoms. The van der Waals surface area contributed by atoms with E-state index >= 15 is 0 Å². The molecule has 1 saturated heterocycles. The molecule has 1 aromatic carbocycles. The van der Waals surface area contributed by atoms with Gasteiger partial charge in [-0.1, -0.05) is 6.07 Å². The Morgan fingerprint density at radius 2 is 2.09 bits per heavy atom. The van der Waals surface area contributed by atoms with Crippen molar-refractivity contribution in [2.45, 2.75) is 38.4 Å². The lowest BCUT2D eigenvalue weighted by atomic mass is 9.88. The topological polar surface area (TPSA) is 79.8 Å². The van der Waals surface area contributed by atoms with Crippen LogP contribution in [-0.4, -0.2) is 42.6 Å². The Morgan fingerprint density at radius 1 is 1.41 bits per heavy atom. The fourth-order valence-corrected chi connectivity index (χ4v) is 2.30. The van der Waals surface area contributed by atoms with Gasteiger partial charge in [0.15, 0.2) is 0 Å². The molecule has 1 fully saturated rings. The summed E-state index contributed by atoms with van der Waals surface area (Å²) in [5.74, 6) is 0.136. The van der Waals surface area contributed by atoms with E-state index in [1.807, 2.05) is 0 Å². The van der Waals surface area contributed by atoms with Gasteiger partial charge in [0.05, 0.1) is 5.60 Å². The van der Waals surface area contributed by atoms with Crippen molar-refractivity contribution in [1.82, 2.24) is 5.32 Å². The molecule has 1 amide bonds. The van der Waals surface area contributed by atoms with Crippen molar-refractivity contribution in [2.75, 3.05) is 25.5 Å². The summed E-state index contributed by atoms with van der Waals surface area (Å²) >= 11 is 0. The van der Waals surface area contributed by atoms with Crippen LogP contribution in [0.5, 0.6) is 5.75 Å². The van der Waals surface area contributed by atoms with Crippen LogP contribution in [0.15, 0.2) is 18.2 Å². The first-order valence-electron chi connectivity index (χ1n) is 7.31. The third-order valence-corrected chi connectivity index (χ3v) is 3.57. The van der Waals surface area contributed by atoms with Gasteiger partial charge in [0.25, 0.3) is 0 Å². The van der Waals surface area contributed by atoms with E-state index in [9.17, 15) is 9.90 Å².